The van der Waals surface area contributed by atoms with Crippen LogP contribution in [0.5, 0.6) is 11.5 Å². The Balaban J connectivity index is 1.59. The number of carbonyl (C=O) groups excluding carboxylic acids is 2. The first kappa shape index (κ1) is 27.7. The summed E-state index contributed by atoms with van der Waals surface area (Å²) < 4.78 is 21.8. The van der Waals surface area contributed by atoms with E-state index in [0.717, 1.165) is 44.1 Å². The average Bonchev–Trinajstić information content (AvgIpc) is 3.32. The molecule has 3 aliphatic heterocycles. The highest BCUT2D eigenvalue weighted by atomic mass is 32.2. The molecule has 1 aromatic rings. The SMILES string of the molecule is C=CCOC(=O)C1=C(C)N=C2SC=C(CC(=O)NCCN3CCOCC3)N2C1c1cc(OC)cc(OC)c1. The van der Waals surface area contributed by atoms with Crippen LogP contribution in [0.4, 0.5) is 0 Å². The fraction of sp³-hybridized carbons (Fsp3) is 0.444. The number of esters is 1. The molecular formula is C27H34N4O6S. The summed E-state index contributed by atoms with van der Waals surface area (Å²) in [5.41, 5.74) is 2.42. The van der Waals surface area contributed by atoms with E-state index in [0.29, 0.717) is 34.5 Å². The van der Waals surface area contributed by atoms with Crippen molar-refractivity contribution in [2.75, 3.05) is 60.2 Å². The molecule has 1 amide bonds. The second-order valence-corrected chi connectivity index (χ2v) is 9.74. The van der Waals surface area contributed by atoms with Gasteiger partial charge in [0, 0.05) is 37.9 Å². The number of fused-ring (bicyclic) bond motifs is 1. The monoisotopic (exact) mass is 542 g/mol. The van der Waals surface area contributed by atoms with Crippen LogP contribution in [0.25, 0.3) is 0 Å². The highest BCUT2D eigenvalue weighted by Gasteiger charge is 2.41. The zero-order valence-corrected chi connectivity index (χ0v) is 22.8. The van der Waals surface area contributed by atoms with Gasteiger partial charge in [-0.05, 0) is 30.0 Å². The molecule has 3 heterocycles. The summed E-state index contributed by atoms with van der Waals surface area (Å²) in [4.78, 5) is 35.1. The van der Waals surface area contributed by atoms with Gasteiger partial charge in [0.15, 0.2) is 5.17 Å². The van der Waals surface area contributed by atoms with Gasteiger partial charge in [0.25, 0.3) is 0 Å². The number of rotatable bonds is 11. The molecule has 11 heteroatoms. The number of hydrogen-bond donors (Lipinski definition) is 1. The lowest BCUT2D eigenvalue weighted by Crippen LogP contribution is -2.42. The van der Waals surface area contributed by atoms with Gasteiger partial charge in [-0.3, -0.25) is 9.69 Å². The third-order valence-electron chi connectivity index (χ3n) is 6.44. The first-order chi connectivity index (χ1) is 18.4. The van der Waals surface area contributed by atoms with Crippen LogP contribution in [-0.4, -0.2) is 87.1 Å². The largest absolute Gasteiger partial charge is 0.497 e. The molecule has 0 radical (unpaired) electrons. The number of hydrogen-bond acceptors (Lipinski definition) is 10. The van der Waals surface area contributed by atoms with E-state index in [1.54, 1.807) is 27.2 Å². The Kier molecular flexibility index (Phi) is 9.48. The van der Waals surface area contributed by atoms with E-state index in [4.69, 9.17) is 23.9 Å². The van der Waals surface area contributed by atoms with Gasteiger partial charge in [0.1, 0.15) is 18.1 Å². The molecule has 0 bridgehead atoms. The van der Waals surface area contributed by atoms with Gasteiger partial charge in [-0.15, -0.1) is 0 Å². The minimum atomic E-state index is -0.591. The molecule has 4 rings (SSSR count). The number of thioether (sulfide) groups is 1. The highest BCUT2D eigenvalue weighted by molar-refractivity contribution is 8.16. The molecule has 38 heavy (non-hydrogen) atoms. The Morgan fingerprint density at radius 1 is 1.21 bits per heavy atom. The van der Waals surface area contributed by atoms with Crippen molar-refractivity contribution in [3.05, 3.63) is 58.8 Å². The van der Waals surface area contributed by atoms with Gasteiger partial charge >= 0.3 is 5.97 Å². The molecule has 10 nitrogen and oxygen atoms in total. The number of morpholine rings is 1. The molecular weight excluding hydrogens is 508 g/mol. The maximum Gasteiger partial charge on any atom is 0.338 e. The number of carbonyl (C=O) groups is 2. The number of amidine groups is 1. The first-order valence-corrected chi connectivity index (χ1v) is 13.3. The Bertz CT molecular complexity index is 1140. The summed E-state index contributed by atoms with van der Waals surface area (Å²) in [5.74, 6) is 0.565. The maximum atomic E-state index is 13.3. The Labute approximate surface area is 227 Å². The van der Waals surface area contributed by atoms with E-state index < -0.39 is 12.0 Å². The zero-order chi connectivity index (χ0) is 27.1. The predicted molar refractivity (Wildman–Crippen MR) is 146 cm³/mol. The summed E-state index contributed by atoms with van der Waals surface area (Å²) >= 11 is 1.42. The van der Waals surface area contributed by atoms with Crippen molar-refractivity contribution in [2.24, 2.45) is 4.99 Å². The lowest BCUT2D eigenvalue weighted by molar-refractivity contribution is -0.138. The number of nitrogens with zero attached hydrogens (tertiary/aromatic N) is 3. The Morgan fingerprint density at radius 3 is 2.58 bits per heavy atom. The molecule has 1 aromatic carbocycles. The molecule has 204 valence electrons. The fourth-order valence-electron chi connectivity index (χ4n) is 4.55. The number of allylic oxidation sites excluding steroid dienone is 1. The summed E-state index contributed by atoms with van der Waals surface area (Å²) in [6.07, 6.45) is 1.66. The van der Waals surface area contributed by atoms with Crippen molar-refractivity contribution in [3.8, 4) is 11.5 Å². The number of aliphatic imine (C=N–C) groups is 1. The highest BCUT2D eigenvalue weighted by Crippen LogP contribution is 2.46. The van der Waals surface area contributed by atoms with E-state index in [1.165, 1.54) is 17.8 Å². The number of ether oxygens (including phenoxy) is 4. The van der Waals surface area contributed by atoms with Crippen molar-refractivity contribution in [1.29, 1.82) is 0 Å². The summed E-state index contributed by atoms with van der Waals surface area (Å²) in [7, 11) is 3.15. The minimum absolute atomic E-state index is 0.0727. The Morgan fingerprint density at radius 2 is 1.92 bits per heavy atom. The third kappa shape index (κ3) is 6.40. The quantitative estimate of drug-likeness (QED) is 0.334. The number of methoxy groups -OCH3 is 2. The topological polar surface area (TPSA) is 102 Å². The van der Waals surface area contributed by atoms with Crippen molar-refractivity contribution < 1.29 is 28.5 Å². The van der Waals surface area contributed by atoms with Gasteiger partial charge in [0.2, 0.25) is 5.91 Å². The summed E-state index contributed by atoms with van der Waals surface area (Å²) in [6, 6.07) is 4.89. The second kappa shape index (κ2) is 13.0. The van der Waals surface area contributed by atoms with Gasteiger partial charge in [-0.25, -0.2) is 9.79 Å². The normalized spacial score (nSPS) is 19.3. The third-order valence-corrected chi connectivity index (χ3v) is 7.33. The molecule has 1 N–H and O–H groups in total. The van der Waals surface area contributed by atoms with E-state index in [9.17, 15) is 9.59 Å². The molecule has 1 saturated heterocycles. The van der Waals surface area contributed by atoms with E-state index >= 15 is 0 Å². The van der Waals surface area contributed by atoms with E-state index in [2.05, 4.69) is 16.8 Å². The van der Waals surface area contributed by atoms with Gasteiger partial charge < -0.3 is 29.2 Å². The van der Waals surface area contributed by atoms with Crippen molar-refractivity contribution in [3.63, 3.8) is 0 Å². The minimum Gasteiger partial charge on any atom is -0.497 e. The van der Waals surface area contributed by atoms with E-state index in [1.807, 2.05) is 22.4 Å². The van der Waals surface area contributed by atoms with Crippen molar-refractivity contribution >= 4 is 28.8 Å². The molecule has 1 fully saturated rings. The molecule has 1 unspecified atom stereocenters. The zero-order valence-electron chi connectivity index (χ0n) is 22.0. The predicted octanol–water partition coefficient (Wildman–Crippen LogP) is 2.85. The van der Waals surface area contributed by atoms with Crippen molar-refractivity contribution in [1.82, 2.24) is 15.1 Å². The van der Waals surface area contributed by atoms with Gasteiger partial charge in [0.05, 0.1) is 51.2 Å². The lowest BCUT2D eigenvalue weighted by atomic mass is 9.93. The van der Waals surface area contributed by atoms with Gasteiger partial charge in [-0.1, -0.05) is 24.4 Å². The van der Waals surface area contributed by atoms with Crippen LogP contribution in [0.15, 0.2) is 58.2 Å². The standard InChI is InChI=1S/C27H34N4O6S/c1-5-10-37-26(33)24-18(2)29-27-31(25(24)19-13-21(34-3)16-22(14-19)35-4)20(17-38-27)15-23(32)28-6-7-30-8-11-36-12-9-30/h5,13-14,16-17,25H,1,6-12,15H2,2-4H3,(H,28,32). The average molecular weight is 543 g/mol. The summed E-state index contributed by atoms with van der Waals surface area (Å²) in [6.45, 7) is 10.00. The van der Waals surface area contributed by atoms with Crippen LogP contribution in [0.2, 0.25) is 0 Å². The lowest BCUT2D eigenvalue weighted by Gasteiger charge is -2.36. The van der Waals surface area contributed by atoms with Crippen LogP contribution in [0, 0.1) is 0 Å². The molecule has 0 aliphatic carbocycles. The van der Waals surface area contributed by atoms with E-state index in [-0.39, 0.29) is 18.9 Å². The maximum absolute atomic E-state index is 13.3. The second-order valence-electron chi connectivity index (χ2n) is 8.91. The molecule has 0 aromatic heterocycles. The van der Waals surface area contributed by atoms with Crippen LogP contribution in [0.1, 0.15) is 24.9 Å². The van der Waals surface area contributed by atoms with Gasteiger partial charge in [-0.2, -0.15) is 0 Å². The molecule has 0 spiro atoms. The molecule has 3 aliphatic rings. The van der Waals surface area contributed by atoms with Crippen LogP contribution in [-0.2, 0) is 19.1 Å². The molecule has 1 atom stereocenters. The Hall–Kier alpha value is -3.28. The van der Waals surface area contributed by atoms with Crippen molar-refractivity contribution in [2.45, 2.75) is 19.4 Å². The smallest absolute Gasteiger partial charge is 0.338 e. The summed E-state index contributed by atoms with van der Waals surface area (Å²) in [5, 5.41) is 5.62. The van der Waals surface area contributed by atoms with Crippen LogP contribution < -0.4 is 14.8 Å². The van der Waals surface area contributed by atoms with Crippen LogP contribution in [0.3, 0.4) is 0 Å². The number of nitrogens with one attached hydrogen (secondary N) is 1. The fourth-order valence-corrected chi connectivity index (χ4v) is 5.52. The number of benzene rings is 1. The molecule has 0 saturated carbocycles. The first-order valence-electron chi connectivity index (χ1n) is 12.5. The number of amides is 1. The van der Waals surface area contributed by atoms with Crippen LogP contribution >= 0.6 is 11.8 Å².